The largest absolute Gasteiger partial charge is 0.348 e. The molecular formula is C15H26ClN3O3S. The van der Waals surface area contributed by atoms with Crippen LogP contribution in [0.5, 0.6) is 0 Å². The normalized spacial score (nSPS) is 12.6. The van der Waals surface area contributed by atoms with Crippen LogP contribution < -0.4 is 5.73 Å². The van der Waals surface area contributed by atoms with Gasteiger partial charge in [0.25, 0.3) is 0 Å². The number of nitrogens with two attached hydrogens (primary N) is 1. The molecular weight excluding hydrogens is 338 g/mol. The van der Waals surface area contributed by atoms with E-state index in [9.17, 15) is 13.2 Å². The first-order valence-corrected chi connectivity index (χ1v) is 8.75. The van der Waals surface area contributed by atoms with Crippen LogP contribution >= 0.6 is 12.4 Å². The second kappa shape index (κ2) is 9.87. The highest BCUT2D eigenvalue weighted by Crippen LogP contribution is 2.12. The summed E-state index contributed by atoms with van der Waals surface area (Å²) in [5.74, 6) is -0.429. The van der Waals surface area contributed by atoms with Gasteiger partial charge >= 0.3 is 0 Å². The van der Waals surface area contributed by atoms with Crippen molar-refractivity contribution >= 4 is 28.3 Å². The minimum Gasteiger partial charge on any atom is -0.348 e. The Bertz CT molecular complexity index is 579. The molecule has 0 aromatic heterocycles. The van der Waals surface area contributed by atoms with Crippen molar-refractivity contribution in [2.45, 2.75) is 18.6 Å². The zero-order valence-corrected chi connectivity index (χ0v) is 15.4. The van der Waals surface area contributed by atoms with Gasteiger partial charge in [0.05, 0.1) is 0 Å². The van der Waals surface area contributed by atoms with Crippen LogP contribution in [0.1, 0.15) is 12.5 Å². The maximum absolute atomic E-state index is 12.6. The smallest absolute Gasteiger partial charge is 0.241 e. The van der Waals surface area contributed by atoms with E-state index in [1.54, 1.807) is 14.1 Å². The number of rotatable bonds is 8. The van der Waals surface area contributed by atoms with Gasteiger partial charge in [-0.25, -0.2) is 8.42 Å². The van der Waals surface area contributed by atoms with Crippen molar-refractivity contribution in [2.24, 2.45) is 5.73 Å². The van der Waals surface area contributed by atoms with Crippen molar-refractivity contribution in [3.8, 4) is 0 Å². The molecule has 6 nitrogen and oxygen atoms in total. The van der Waals surface area contributed by atoms with E-state index in [2.05, 4.69) is 0 Å². The number of carbonyl (C=O) groups is 1. The number of hydrogen-bond donors (Lipinski definition) is 1. The summed E-state index contributed by atoms with van der Waals surface area (Å²) < 4.78 is 26.5. The van der Waals surface area contributed by atoms with Crippen LogP contribution in [0.4, 0.5) is 0 Å². The van der Waals surface area contributed by atoms with Crippen molar-refractivity contribution < 1.29 is 13.2 Å². The predicted molar refractivity (Wildman–Crippen MR) is 95.1 cm³/mol. The Hall–Kier alpha value is -1.15. The van der Waals surface area contributed by atoms with Gasteiger partial charge in [-0.2, -0.15) is 4.31 Å². The Labute approximate surface area is 145 Å². The molecule has 0 spiro atoms. The first-order valence-electron chi connectivity index (χ1n) is 7.24. The Morgan fingerprint density at radius 3 is 2.22 bits per heavy atom. The topological polar surface area (TPSA) is 83.7 Å². The Morgan fingerprint density at radius 2 is 1.74 bits per heavy atom. The molecule has 1 unspecified atom stereocenters. The Kier molecular flexibility index (Phi) is 9.38. The van der Waals surface area contributed by atoms with E-state index < -0.39 is 21.2 Å². The van der Waals surface area contributed by atoms with E-state index in [4.69, 9.17) is 5.73 Å². The van der Waals surface area contributed by atoms with Crippen molar-refractivity contribution in [3.05, 3.63) is 35.9 Å². The van der Waals surface area contributed by atoms with Crippen molar-refractivity contribution in [1.29, 1.82) is 0 Å². The maximum atomic E-state index is 12.6. The Morgan fingerprint density at radius 1 is 1.17 bits per heavy atom. The summed E-state index contributed by atoms with van der Waals surface area (Å²) in [6.07, 6.45) is 0.586. The van der Waals surface area contributed by atoms with Gasteiger partial charge in [0.2, 0.25) is 15.9 Å². The van der Waals surface area contributed by atoms with Crippen LogP contribution in [0.15, 0.2) is 30.3 Å². The number of sulfonamides is 1. The molecule has 1 rings (SSSR count). The van der Waals surface area contributed by atoms with Gasteiger partial charge in [-0.15, -0.1) is 12.4 Å². The minimum absolute atomic E-state index is 0. The molecule has 0 heterocycles. The van der Waals surface area contributed by atoms with Crippen LogP contribution in [0, 0.1) is 0 Å². The lowest BCUT2D eigenvalue weighted by atomic mass is 10.1. The average molecular weight is 364 g/mol. The Balaban J connectivity index is 0.00000484. The minimum atomic E-state index is -3.72. The molecule has 1 aromatic carbocycles. The van der Waals surface area contributed by atoms with Crippen LogP contribution in [0.25, 0.3) is 0 Å². The van der Waals surface area contributed by atoms with Gasteiger partial charge in [0.1, 0.15) is 0 Å². The summed E-state index contributed by atoms with van der Waals surface area (Å²) in [5.41, 5.74) is 6.58. The molecule has 0 aliphatic heterocycles. The molecule has 1 atom stereocenters. The molecule has 132 valence electrons. The summed E-state index contributed by atoms with van der Waals surface area (Å²) in [5, 5.41) is -1.11. The first kappa shape index (κ1) is 21.9. The summed E-state index contributed by atoms with van der Waals surface area (Å²) in [6.45, 7) is 2.16. The summed E-state index contributed by atoms with van der Waals surface area (Å²) >= 11 is 0. The van der Waals surface area contributed by atoms with Gasteiger partial charge < -0.3 is 10.6 Å². The fraction of sp³-hybridized carbons (Fsp3) is 0.533. The van der Waals surface area contributed by atoms with Gasteiger partial charge in [0, 0.05) is 33.7 Å². The average Bonchev–Trinajstić information content (AvgIpc) is 2.50. The molecule has 1 amide bonds. The number of carbonyl (C=O) groups excluding carboxylic acids is 1. The fourth-order valence-electron chi connectivity index (χ4n) is 2.12. The van der Waals surface area contributed by atoms with E-state index >= 15 is 0 Å². The van der Waals surface area contributed by atoms with Crippen LogP contribution in [-0.2, 0) is 21.2 Å². The van der Waals surface area contributed by atoms with Gasteiger partial charge in [-0.3, -0.25) is 4.79 Å². The van der Waals surface area contributed by atoms with Crippen molar-refractivity contribution in [2.75, 3.05) is 33.7 Å². The zero-order chi connectivity index (χ0) is 16.8. The summed E-state index contributed by atoms with van der Waals surface area (Å²) in [6, 6.07) is 9.63. The molecule has 0 aliphatic rings. The summed E-state index contributed by atoms with van der Waals surface area (Å²) in [4.78, 5) is 13.3. The quantitative estimate of drug-likeness (QED) is 0.737. The van der Waals surface area contributed by atoms with E-state index in [1.165, 1.54) is 16.1 Å². The second-order valence-corrected chi connectivity index (χ2v) is 7.60. The van der Waals surface area contributed by atoms with E-state index in [1.807, 2.05) is 30.3 Å². The fourth-order valence-corrected chi connectivity index (χ4v) is 3.74. The molecule has 8 heteroatoms. The van der Waals surface area contributed by atoms with Crippen LogP contribution in [-0.4, -0.2) is 62.5 Å². The molecule has 1 aromatic rings. The number of hydrogen-bond acceptors (Lipinski definition) is 4. The lowest BCUT2D eigenvalue weighted by Gasteiger charge is -2.26. The standard InChI is InChI=1S/C15H25N3O3S.ClH/c1-13(15(19)17(2)3)22(20,21)18(12-10-16)11-9-14-7-5-4-6-8-14;/h4-8,13H,9-12,16H2,1-3H3;1H. The third-order valence-electron chi connectivity index (χ3n) is 3.47. The van der Waals surface area contributed by atoms with Crippen molar-refractivity contribution in [1.82, 2.24) is 9.21 Å². The molecule has 0 radical (unpaired) electrons. The van der Waals surface area contributed by atoms with Crippen LogP contribution in [0.2, 0.25) is 0 Å². The maximum Gasteiger partial charge on any atom is 0.241 e. The molecule has 0 bridgehead atoms. The molecule has 2 N–H and O–H groups in total. The number of halogens is 1. The molecule has 23 heavy (non-hydrogen) atoms. The van der Waals surface area contributed by atoms with E-state index in [-0.39, 0.29) is 25.5 Å². The van der Waals surface area contributed by atoms with Crippen molar-refractivity contribution in [3.63, 3.8) is 0 Å². The number of benzene rings is 1. The van der Waals surface area contributed by atoms with E-state index in [0.717, 1.165) is 5.56 Å². The van der Waals surface area contributed by atoms with Gasteiger partial charge in [-0.05, 0) is 18.9 Å². The third-order valence-corrected chi connectivity index (χ3v) is 5.65. The number of nitrogens with zero attached hydrogens (tertiary/aromatic N) is 2. The van der Waals surface area contributed by atoms with Crippen LogP contribution in [0.3, 0.4) is 0 Å². The van der Waals surface area contributed by atoms with Gasteiger partial charge in [-0.1, -0.05) is 30.3 Å². The number of amides is 1. The predicted octanol–water partition coefficient (Wildman–Crippen LogP) is 0.718. The lowest BCUT2D eigenvalue weighted by Crippen LogP contribution is -2.47. The molecule has 0 saturated carbocycles. The second-order valence-electron chi connectivity index (χ2n) is 5.34. The highest BCUT2D eigenvalue weighted by atomic mass is 35.5. The SMILES string of the molecule is CC(C(=O)N(C)C)S(=O)(=O)N(CCN)CCc1ccccc1.Cl. The monoisotopic (exact) mass is 363 g/mol. The molecule has 0 saturated heterocycles. The van der Waals surface area contributed by atoms with Gasteiger partial charge in [0.15, 0.2) is 5.25 Å². The summed E-state index contributed by atoms with van der Waals surface area (Å²) in [7, 11) is -0.621. The highest BCUT2D eigenvalue weighted by molar-refractivity contribution is 7.90. The zero-order valence-electron chi connectivity index (χ0n) is 13.8. The van der Waals surface area contributed by atoms with E-state index in [0.29, 0.717) is 13.0 Å². The molecule has 0 aliphatic carbocycles. The highest BCUT2D eigenvalue weighted by Gasteiger charge is 2.34. The first-order chi connectivity index (χ1) is 10.3. The molecule has 0 fully saturated rings. The third kappa shape index (κ3) is 6.10. The lowest BCUT2D eigenvalue weighted by molar-refractivity contribution is -0.128.